The molecule has 3 nitrogen and oxygen atoms in total. The van der Waals surface area contributed by atoms with E-state index >= 15 is 0 Å². The molecule has 0 aliphatic carbocycles. The lowest BCUT2D eigenvalue weighted by Crippen LogP contribution is -2.43. The van der Waals surface area contributed by atoms with Crippen molar-refractivity contribution in [3.8, 4) is 5.75 Å². The first-order chi connectivity index (χ1) is 8.63. The van der Waals surface area contributed by atoms with Gasteiger partial charge in [-0.1, -0.05) is 32.0 Å². The summed E-state index contributed by atoms with van der Waals surface area (Å²) in [5, 5.41) is 3.35. The SMILES string of the molecule is CNC(Cc1ccccc1OC)C(OC)C(C)C. The van der Waals surface area contributed by atoms with Gasteiger partial charge in [-0.15, -0.1) is 0 Å². The van der Waals surface area contributed by atoms with Gasteiger partial charge in [-0.2, -0.15) is 0 Å². The molecule has 0 saturated carbocycles. The van der Waals surface area contributed by atoms with Crippen LogP contribution in [0.1, 0.15) is 19.4 Å². The van der Waals surface area contributed by atoms with Gasteiger partial charge in [-0.05, 0) is 31.0 Å². The lowest BCUT2D eigenvalue weighted by atomic mass is 9.93. The number of nitrogens with one attached hydrogen (secondary N) is 1. The average molecular weight is 251 g/mol. The van der Waals surface area contributed by atoms with E-state index in [1.807, 2.05) is 25.2 Å². The molecule has 18 heavy (non-hydrogen) atoms. The first-order valence-electron chi connectivity index (χ1n) is 6.46. The van der Waals surface area contributed by atoms with Crippen LogP contribution in [0.5, 0.6) is 5.75 Å². The smallest absolute Gasteiger partial charge is 0.122 e. The maximum atomic E-state index is 5.61. The number of hydrogen-bond acceptors (Lipinski definition) is 3. The van der Waals surface area contributed by atoms with Gasteiger partial charge in [-0.3, -0.25) is 0 Å². The van der Waals surface area contributed by atoms with Gasteiger partial charge in [0.1, 0.15) is 5.75 Å². The molecule has 0 amide bonds. The fourth-order valence-electron chi connectivity index (χ4n) is 2.39. The van der Waals surface area contributed by atoms with Gasteiger partial charge in [0.15, 0.2) is 0 Å². The summed E-state index contributed by atoms with van der Waals surface area (Å²) < 4.78 is 11.0. The fraction of sp³-hybridized carbons (Fsp3) is 0.600. The minimum absolute atomic E-state index is 0.194. The topological polar surface area (TPSA) is 30.5 Å². The number of methoxy groups -OCH3 is 2. The zero-order valence-electron chi connectivity index (χ0n) is 12.1. The molecule has 0 aliphatic rings. The summed E-state index contributed by atoms with van der Waals surface area (Å²) in [7, 11) is 5.47. The molecule has 1 aromatic carbocycles. The second kappa shape index (κ2) is 7.39. The molecule has 0 spiro atoms. The summed E-state index contributed by atoms with van der Waals surface area (Å²) in [6, 6.07) is 8.43. The third-order valence-electron chi connectivity index (χ3n) is 3.33. The van der Waals surface area contributed by atoms with Gasteiger partial charge >= 0.3 is 0 Å². The zero-order chi connectivity index (χ0) is 13.5. The minimum atomic E-state index is 0.194. The molecule has 0 saturated heterocycles. The number of benzene rings is 1. The molecule has 0 bridgehead atoms. The number of rotatable bonds is 7. The molecular weight excluding hydrogens is 226 g/mol. The van der Waals surface area contributed by atoms with Crippen LogP contribution in [-0.2, 0) is 11.2 Å². The maximum Gasteiger partial charge on any atom is 0.122 e. The van der Waals surface area contributed by atoms with Gasteiger partial charge in [-0.25, -0.2) is 0 Å². The van der Waals surface area contributed by atoms with Crippen LogP contribution in [-0.4, -0.2) is 33.4 Å². The highest BCUT2D eigenvalue weighted by molar-refractivity contribution is 5.34. The Kier molecular flexibility index (Phi) is 6.16. The predicted octanol–water partition coefficient (Wildman–Crippen LogP) is 2.50. The van der Waals surface area contributed by atoms with E-state index in [1.54, 1.807) is 14.2 Å². The zero-order valence-corrected chi connectivity index (χ0v) is 12.1. The normalized spacial score (nSPS) is 14.6. The molecule has 3 heteroatoms. The van der Waals surface area contributed by atoms with Crippen molar-refractivity contribution >= 4 is 0 Å². The lowest BCUT2D eigenvalue weighted by Gasteiger charge is -2.29. The molecule has 0 radical (unpaired) electrons. The first kappa shape index (κ1) is 15.0. The molecule has 2 unspecified atom stereocenters. The Morgan fingerprint density at radius 1 is 1.17 bits per heavy atom. The molecule has 2 atom stereocenters. The quantitative estimate of drug-likeness (QED) is 0.807. The van der Waals surface area contributed by atoms with Crippen molar-refractivity contribution in [2.45, 2.75) is 32.4 Å². The van der Waals surface area contributed by atoms with Crippen LogP contribution in [0.2, 0.25) is 0 Å². The molecule has 0 fully saturated rings. The van der Waals surface area contributed by atoms with Crippen molar-refractivity contribution < 1.29 is 9.47 Å². The summed E-state index contributed by atoms with van der Waals surface area (Å²) in [5.74, 6) is 1.42. The van der Waals surface area contributed by atoms with Crippen molar-refractivity contribution in [1.29, 1.82) is 0 Å². The highest BCUT2D eigenvalue weighted by Crippen LogP contribution is 2.22. The molecule has 0 aromatic heterocycles. The maximum absolute atomic E-state index is 5.61. The average Bonchev–Trinajstić information content (AvgIpc) is 2.38. The Balaban J connectivity index is 2.85. The van der Waals surface area contributed by atoms with E-state index in [1.165, 1.54) is 5.56 Å². The van der Waals surface area contributed by atoms with E-state index < -0.39 is 0 Å². The van der Waals surface area contributed by atoms with E-state index in [2.05, 4.69) is 25.2 Å². The summed E-state index contributed by atoms with van der Waals surface area (Å²) in [6.45, 7) is 4.36. The predicted molar refractivity (Wildman–Crippen MR) is 75.2 cm³/mol. The van der Waals surface area contributed by atoms with Crippen molar-refractivity contribution in [3.63, 3.8) is 0 Å². The highest BCUT2D eigenvalue weighted by atomic mass is 16.5. The van der Waals surface area contributed by atoms with Crippen LogP contribution in [0.25, 0.3) is 0 Å². The summed E-state index contributed by atoms with van der Waals surface area (Å²) >= 11 is 0. The first-order valence-corrected chi connectivity index (χ1v) is 6.46. The number of likely N-dealkylation sites (N-methyl/N-ethyl adjacent to an activating group) is 1. The van der Waals surface area contributed by atoms with E-state index in [0.29, 0.717) is 5.92 Å². The second-order valence-electron chi connectivity index (χ2n) is 4.86. The number of para-hydroxylation sites is 1. The highest BCUT2D eigenvalue weighted by Gasteiger charge is 2.24. The van der Waals surface area contributed by atoms with Gasteiger partial charge in [0.05, 0.1) is 13.2 Å². The number of ether oxygens (including phenoxy) is 2. The van der Waals surface area contributed by atoms with Crippen LogP contribution in [0.4, 0.5) is 0 Å². The van der Waals surface area contributed by atoms with Crippen molar-refractivity contribution in [1.82, 2.24) is 5.32 Å². The van der Waals surface area contributed by atoms with E-state index in [4.69, 9.17) is 9.47 Å². The van der Waals surface area contributed by atoms with Crippen molar-refractivity contribution in [2.75, 3.05) is 21.3 Å². The summed E-state index contributed by atoms with van der Waals surface area (Å²) in [4.78, 5) is 0. The van der Waals surface area contributed by atoms with Crippen LogP contribution in [0.3, 0.4) is 0 Å². The molecule has 1 rings (SSSR count). The van der Waals surface area contributed by atoms with Crippen LogP contribution >= 0.6 is 0 Å². The number of hydrogen-bond donors (Lipinski definition) is 1. The Bertz CT molecular complexity index is 352. The molecule has 0 aliphatic heterocycles. The van der Waals surface area contributed by atoms with Gasteiger partial charge < -0.3 is 14.8 Å². The Morgan fingerprint density at radius 3 is 2.33 bits per heavy atom. The van der Waals surface area contributed by atoms with Gasteiger partial charge in [0.2, 0.25) is 0 Å². The molecule has 1 aromatic rings. The van der Waals surface area contributed by atoms with Crippen LogP contribution in [0.15, 0.2) is 24.3 Å². The van der Waals surface area contributed by atoms with E-state index in [-0.39, 0.29) is 12.1 Å². The monoisotopic (exact) mass is 251 g/mol. The standard InChI is InChI=1S/C15H25NO2/c1-11(2)15(18-5)13(16-3)10-12-8-6-7-9-14(12)17-4/h6-9,11,13,15-16H,10H2,1-5H3. The van der Waals surface area contributed by atoms with Gasteiger partial charge in [0.25, 0.3) is 0 Å². The Labute approximate surface area is 110 Å². The Morgan fingerprint density at radius 2 is 1.83 bits per heavy atom. The van der Waals surface area contributed by atoms with E-state index in [9.17, 15) is 0 Å². The van der Waals surface area contributed by atoms with Gasteiger partial charge in [0, 0.05) is 13.2 Å². The minimum Gasteiger partial charge on any atom is -0.496 e. The summed E-state index contributed by atoms with van der Waals surface area (Å²) in [6.07, 6.45) is 1.09. The Hall–Kier alpha value is -1.06. The van der Waals surface area contributed by atoms with Crippen LogP contribution in [0, 0.1) is 5.92 Å². The third kappa shape index (κ3) is 3.72. The second-order valence-corrected chi connectivity index (χ2v) is 4.86. The van der Waals surface area contributed by atoms with Crippen molar-refractivity contribution in [2.24, 2.45) is 5.92 Å². The van der Waals surface area contributed by atoms with Crippen molar-refractivity contribution in [3.05, 3.63) is 29.8 Å². The molecule has 1 N–H and O–H groups in total. The third-order valence-corrected chi connectivity index (χ3v) is 3.33. The molecular formula is C15H25NO2. The van der Waals surface area contributed by atoms with E-state index in [0.717, 1.165) is 12.2 Å². The molecule has 0 heterocycles. The fourth-order valence-corrected chi connectivity index (χ4v) is 2.39. The molecule has 102 valence electrons. The lowest BCUT2D eigenvalue weighted by molar-refractivity contribution is 0.0352. The van der Waals surface area contributed by atoms with Crippen LogP contribution < -0.4 is 10.1 Å². The summed E-state index contributed by atoms with van der Waals surface area (Å²) in [5.41, 5.74) is 1.21. The largest absolute Gasteiger partial charge is 0.496 e.